The molecule has 1 aromatic heterocycles. The van der Waals surface area contributed by atoms with E-state index in [0.29, 0.717) is 17.3 Å². The minimum atomic E-state index is -0.362. The molecule has 1 aromatic rings. The lowest BCUT2D eigenvalue weighted by Crippen LogP contribution is -2.48. The van der Waals surface area contributed by atoms with E-state index >= 15 is 0 Å². The summed E-state index contributed by atoms with van der Waals surface area (Å²) in [5.41, 5.74) is 0. The number of hydrogen-bond acceptors (Lipinski definition) is 5. The third kappa shape index (κ3) is 1.81. The summed E-state index contributed by atoms with van der Waals surface area (Å²) in [5, 5.41) is 5.17. The van der Waals surface area contributed by atoms with Crippen molar-refractivity contribution < 1.29 is 9.59 Å². The zero-order valence-electron chi connectivity index (χ0n) is 9.88. The SMILES string of the molecule is C[C@]12CCC(=O)N1[C@@H](C(=O)Nc1nccs1)CS2. The van der Waals surface area contributed by atoms with Gasteiger partial charge in [0.15, 0.2) is 5.13 Å². The summed E-state index contributed by atoms with van der Waals surface area (Å²) in [7, 11) is 0. The first kappa shape index (κ1) is 12.0. The van der Waals surface area contributed by atoms with Crippen molar-refractivity contribution in [1.29, 1.82) is 0 Å². The van der Waals surface area contributed by atoms with Crippen molar-refractivity contribution in [2.75, 3.05) is 11.1 Å². The number of rotatable bonds is 2. The number of thiazole rings is 1. The van der Waals surface area contributed by atoms with E-state index in [2.05, 4.69) is 10.3 Å². The number of nitrogens with zero attached hydrogens (tertiary/aromatic N) is 2. The van der Waals surface area contributed by atoms with Crippen LogP contribution < -0.4 is 5.32 Å². The smallest absolute Gasteiger partial charge is 0.249 e. The molecule has 2 atom stereocenters. The summed E-state index contributed by atoms with van der Waals surface area (Å²) in [5.74, 6) is 0.623. The molecule has 2 aliphatic heterocycles. The van der Waals surface area contributed by atoms with Crippen LogP contribution in [0.3, 0.4) is 0 Å². The molecule has 0 aromatic carbocycles. The molecule has 2 aliphatic rings. The van der Waals surface area contributed by atoms with Gasteiger partial charge < -0.3 is 10.2 Å². The number of carbonyl (C=O) groups is 2. The van der Waals surface area contributed by atoms with Gasteiger partial charge in [0.05, 0.1) is 4.87 Å². The molecule has 18 heavy (non-hydrogen) atoms. The van der Waals surface area contributed by atoms with Gasteiger partial charge in [-0.15, -0.1) is 23.1 Å². The summed E-state index contributed by atoms with van der Waals surface area (Å²) < 4.78 is 0. The number of aromatic nitrogens is 1. The third-order valence-corrected chi connectivity index (χ3v) is 5.60. The Labute approximate surface area is 113 Å². The van der Waals surface area contributed by atoms with E-state index in [-0.39, 0.29) is 22.7 Å². The van der Waals surface area contributed by atoms with Crippen molar-refractivity contribution in [2.45, 2.75) is 30.7 Å². The molecular formula is C11H13N3O2S2. The molecule has 0 spiro atoms. The van der Waals surface area contributed by atoms with Crippen molar-refractivity contribution in [3.8, 4) is 0 Å². The van der Waals surface area contributed by atoms with Crippen molar-refractivity contribution in [3.63, 3.8) is 0 Å². The topological polar surface area (TPSA) is 62.3 Å². The third-order valence-electron chi connectivity index (χ3n) is 3.41. The summed E-state index contributed by atoms with van der Waals surface area (Å²) in [4.78, 5) is 29.7. The van der Waals surface area contributed by atoms with Crippen LogP contribution in [0.4, 0.5) is 5.13 Å². The molecule has 1 N–H and O–H groups in total. The fourth-order valence-electron chi connectivity index (χ4n) is 2.49. The first-order chi connectivity index (χ1) is 8.60. The molecule has 0 saturated carbocycles. The number of nitrogens with one attached hydrogen (secondary N) is 1. The van der Waals surface area contributed by atoms with E-state index in [4.69, 9.17) is 0 Å². The van der Waals surface area contributed by atoms with E-state index < -0.39 is 0 Å². The zero-order valence-corrected chi connectivity index (χ0v) is 11.5. The number of thioether (sulfide) groups is 1. The predicted octanol–water partition coefficient (Wildman–Crippen LogP) is 1.54. The minimum Gasteiger partial charge on any atom is -0.315 e. The van der Waals surface area contributed by atoms with E-state index in [1.165, 1.54) is 11.3 Å². The van der Waals surface area contributed by atoms with Gasteiger partial charge in [0.2, 0.25) is 11.8 Å². The summed E-state index contributed by atoms with van der Waals surface area (Å²) >= 11 is 3.08. The van der Waals surface area contributed by atoms with E-state index in [9.17, 15) is 9.59 Å². The van der Waals surface area contributed by atoms with Gasteiger partial charge in [-0.25, -0.2) is 4.98 Å². The Morgan fingerprint density at radius 2 is 2.50 bits per heavy atom. The second kappa shape index (κ2) is 4.24. The molecule has 2 amide bonds. The highest BCUT2D eigenvalue weighted by molar-refractivity contribution is 8.01. The van der Waals surface area contributed by atoms with Gasteiger partial charge in [-0.3, -0.25) is 9.59 Å². The standard InChI is InChI=1S/C11H13N3O2S2/c1-11-3-2-8(15)14(11)7(6-18-11)9(16)13-10-12-4-5-17-10/h4-5,7H,2-3,6H2,1H3,(H,12,13,16)/t7-,11+/m1/s1. The fraction of sp³-hybridized carbons (Fsp3) is 0.545. The van der Waals surface area contributed by atoms with Crippen LogP contribution in [0.1, 0.15) is 19.8 Å². The van der Waals surface area contributed by atoms with E-state index in [0.717, 1.165) is 6.42 Å². The number of anilines is 1. The number of carbonyl (C=O) groups excluding carboxylic acids is 2. The minimum absolute atomic E-state index is 0.0850. The molecule has 0 bridgehead atoms. The lowest BCUT2D eigenvalue weighted by Gasteiger charge is -2.29. The van der Waals surface area contributed by atoms with Gasteiger partial charge in [-0.05, 0) is 13.3 Å². The Bertz CT molecular complexity index is 490. The molecule has 2 fully saturated rings. The van der Waals surface area contributed by atoms with Crippen LogP contribution in [0.2, 0.25) is 0 Å². The average molecular weight is 283 g/mol. The highest BCUT2D eigenvalue weighted by atomic mass is 32.2. The van der Waals surface area contributed by atoms with Crippen molar-refractivity contribution >= 4 is 40.0 Å². The Morgan fingerprint density at radius 1 is 1.67 bits per heavy atom. The molecule has 96 valence electrons. The monoisotopic (exact) mass is 283 g/mol. The quantitative estimate of drug-likeness (QED) is 0.894. The largest absolute Gasteiger partial charge is 0.315 e. The van der Waals surface area contributed by atoms with Gasteiger partial charge >= 0.3 is 0 Å². The lowest BCUT2D eigenvalue weighted by molar-refractivity contribution is -0.135. The van der Waals surface area contributed by atoms with Crippen LogP contribution in [-0.4, -0.2) is 38.4 Å². The first-order valence-electron chi connectivity index (χ1n) is 5.77. The molecule has 2 saturated heterocycles. The van der Waals surface area contributed by atoms with Crippen LogP contribution >= 0.6 is 23.1 Å². The van der Waals surface area contributed by atoms with Crippen molar-refractivity contribution in [2.24, 2.45) is 0 Å². The molecule has 3 rings (SSSR count). The normalized spacial score (nSPS) is 30.6. The summed E-state index contributed by atoms with van der Waals surface area (Å²) in [6.45, 7) is 2.04. The summed E-state index contributed by atoms with van der Waals surface area (Å²) in [6.07, 6.45) is 3.02. The molecule has 7 heteroatoms. The van der Waals surface area contributed by atoms with Crippen molar-refractivity contribution in [3.05, 3.63) is 11.6 Å². The average Bonchev–Trinajstić information content (AvgIpc) is 2.99. The first-order valence-corrected chi connectivity index (χ1v) is 7.63. The van der Waals surface area contributed by atoms with E-state index in [1.807, 2.05) is 12.3 Å². The van der Waals surface area contributed by atoms with Gasteiger partial charge in [0.25, 0.3) is 0 Å². The Kier molecular flexibility index (Phi) is 2.82. The van der Waals surface area contributed by atoms with E-state index in [1.54, 1.807) is 22.9 Å². The molecule has 0 radical (unpaired) electrons. The fourth-order valence-corrected chi connectivity index (χ4v) is 4.45. The van der Waals surface area contributed by atoms with Gasteiger partial charge in [0.1, 0.15) is 6.04 Å². The molecular weight excluding hydrogens is 270 g/mol. The molecule has 0 aliphatic carbocycles. The van der Waals surface area contributed by atoms with Gasteiger partial charge in [0, 0.05) is 23.8 Å². The zero-order chi connectivity index (χ0) is 12.8. The van der Waals surface area contributed by atoms with Crippen LogP contribution in [0.25, 0.3) is 0 Å². The molecule has 5 nitrogen and oxygen atoms in total. The molecule has 3 heterocycles. The van der Waals surface area contributed by atoms with Crippen LogP contribution in [0.15, 0.2) is 11.6 Å². The highest BCUT2D eigenvalue weighted by Gasteiger charge is 2.52. The van der Waals surface area contributed by atoms with Crippen LogP contribution in [0.5, 0.6) is 0 Å². The Balaban J connectivity index is 1.77. The van der Waals surface area contributed by atoms with Crippen molar-refractivity contribution in [1.82, 2.24) is 9.88 Å². The summed E-state index contributed by atoms with van der Waals surface area (Å²) in [6, 6.07) is -0.362. The maximum atomic E-state index is 12.2. The highest BCUT2D eigenvalue weighted by Crippen LogP contribution is 2.47. The maximum Gasteiger partial charge on any atom is 0.249 e. The maximum absolute atomic E-state index is 12.2. The number of hydrogen-bond donors (Lipinski definition) is 1. The lowest BCUT2D eigenvalue weighted by atomic mass is 10.2. The molecule has 0 unspecified atom stereocenters. The number of amides is 2. The Hall–Kier alpha value is -1.08. The second-order valence-corrected chi connectivity index (χ2v) is 6.99. The van der Waals surface area contributed by atoms with Crippen LogP contribution in [0, 0.1) is 0 Å². The van der Waals surface area contributed by atoms with Crippen LogP contribution in [-0.2, 0) is 9.59 Å². The van der Waals surface area contributed by atoms with Gasteiger partial charge in [-0.2, -0.15) is 0 Å². The second-order valence-electron chi connectivity index (χ2n) is 4.59. The predicted molar refractivity (Wildman–Crippen MR) is 71.5 cm³/mol. The van der Waals surface area contributed by atoms with Gasteiger partial charge in [-0.1, -0.05) is 0 Å². The number of fused-ring (bicyclic) bond motifs is 1. The Morgan fingerprint density at radius 3 is 3.22 bits per heavy atom.